The van der Waals surface area contributed by atoms with Gasteiger partial charge in [0.25, 0.3) is 5.91 Å². The van der Waals surface area contributed by atoms with E-state index in [1.54, 1.807) is 30.5 Å². The maximum Gasteiger partial charge on any atom is 0.305 e. The van der Waals surface area contributed by atoms with E-state index in [2.05, 4.69) is 16.7 Å². The summed E-state index contributed by atoms with van der Waals surface area (Å²) in [5.41, 5.74) is 4.53. The zero-order valence-electron chi connectivity index (χ0n) is 21.2. The van der Waals surface area contributed by atoms with Gasteiger partial charge in [-0.25, -0.2) is 4.98 Å². The van der Waals surface area contributed by atoms with Crippen LogP contribution >= 0.6 is 0 Å². The van der Waals surface area contributed by atoms with Crippen molar-refractivity contribution in [2.75, 3.05) is 5.32 Å². The Kier molecular flexibility index (Phi) is 6.98. The molecule has 3 N–H and O–H groups in total. The summed E-state index contributed by atoms with van der Waals surface area (Å²) in [6, 6.07) is 19.4. The number of aryl methyl sites for hydroxylation is 1. The van der Waals surface area contributed by atoms with Gasteiger partial charge in [0.1, 0.15) is 17.2 Å². The molecular formula is C29H29N5O3. The number of carbonyl (C=O) groups excluding carboxylic acids is 1. The molecule has 0 bridgehead atoms. The number of rotatable bonds is 7. The summed E-state index contributed by atoms with van der Waals surface area (Å²) in [5.74, 6) is -0.621. The number of anilines is 1. The van der Waals surface area contributed by atoms with Gasteiger partial charge in [0.15, 0.2) is 0 Å². The normalized spacial score (nSPS) is 12.1. The van der Waals surface area contributed by atoms with Crippen molar-refractivity contribution in [1.29, 1.82) is 5.26 Å². The van der Waals surface area contributed by atoms with E-state index in [0.29, 0.717) is 22.5 Å². The second kappa shape index (κ2) is 10.2. The second-order valence-electron chi connectivity index (χ2n) is 10.1. The maximum atomic E-state index is 13.2. The average molecular weight is 496 g/mol. The first-order valence-electron chi connectivity index (χ1n) is 11.9. The summed E-state index contributed by atoms with van der Waals surface area (Å²) < 4.78 is 1.88. The standard InChI is InChI=1S/C29H29N5O3/c1-18-5-9-20(10-6-18)23(16-25(35)36)31-28(37)22-13-14-34-24(15-22)32-26(27(34)33-29(2,3)4)21-11-7-19(17-30)8-12-21/h5-15,23,33H,16H2,1-4H3,(H,31,37)(H,35,36). The van der Waals surface area contributed by atoms with Crippen LogP contribution in [0.4, 0.5) is 5.82 Å². The number of pyridine rings is 1. The van der Waals surface area contributed by atoms with Crippen LogP contribution < -0.4 is 10.6 Å². The van der Waals surface area contributed by atoms with Crippen LogP contribution in [0.1, 0.15) is 60.3 Å². The highest BCUT2D eigenvalue weighted by Gasteiger charge is 2.22. The molecule has 2 heterocycles. The summed E-state index contributed by atoms with van der Waals surface area (Å²) in [6.07, 6.45) is 1.54. The van der Waals surface area contributed by atoms with Gasteiger partial charge in [-0.3, -0.25) is 14.0 Å². The van der Waals surface area contributed by atoms with Crippen molar-refractivity contribution >= 4 is 23.3 Å². The predicted octanol–water partition coefficient (Wildman–Crippen LogP) is 5.34. The van der Waals surface area contributed by atoms with E-state index in [0.717, 1.165) is 22.5 Å². The number of carboxylic acid groups (broad SMARTS) is 1. The van der Waals surface area contributed by atoms with Crippen LogP contribution in [0.15, 0.2) is 66.9 Å². The van der Waals surface area contributed by atoms with Crippen LogP contribution in [0.5, 0.6) is 0 Å². The lowest BCUT2D eigenvalue weighted by molar-refractivity contribution is -0.137. The third kappa shape index (κ3) is 5.96. The number of nitrogens with zero attached hydrogens (tertiary/aromatic N) is 3. The number of hydrogen-bond acceptors (Lipinski definition) is 5. The quantitative estimate of drug-likeness (QED) is 0.318. The van der Waals surface area contributed by atoms with E-state index < -0.39 is 12.0 Å². The molecule has 37 heavy (non-hydrogen) atoms. The Morgan fingerprint density at radius 3 is 2.35 bits per heavy atom. The lowest BCUT2D eigenvalue weighted by atomic mass is 10.0. The smallest absolute Gasteiger partial charge is 0.305 e. The molecule has 1 unspecified atom stereocenters. The molecule has 0 spiro atoms. The van der Waals surface area contributed by atoms with E-state index in [-0.39, 0.29) is 17.9 Å². The maximum absolute atomic E-state index is 13.2. The van der Waals surface area contributed by atoms with Crippen LogP contribution in [0, 0.1) is 18.3 Å². The van der Waals surface area contributed by atoms with Gasteiger partial charge in [-0.1, -0.05) is 42.0 Å². The molecule has 0 aliphatic heterocycles. The highest BCUT2D eigenvalue weighted by Crippen LogP contribution is 2.31. The van der Waals surface area contributed by atoms with Crippen LogP contribution in [0.2, 0.25) is 0 Å². The zero-order valence-corrected chi connectivity index (χ0v) is 21.2. The minimum atomic E-state index is -1.00. The molecule has 8 heteroatoms. The Balaban J connectivity index is 1.71. The molecule has 2 aromatic heterocycles. The van der Waals surface area contributed by atoms with Gasteiger partial charge < -0.3 is 15.7 Å². The summed E-state index contributed by atoms with van der Waals surface area (Å²) in [7, 11) is 0. The number of fused-ring (bicyclic) bond motifs is 1. The fourth-order valence-corrected chi connectivity index (χ4v) is 4.03. The lowest BCUT2D eigenvalue weighted by Crippen LogP contribution is -2.30. The van der Waals surface area contributed by atoms with Gasteiger partial charge in [0, 0.05) is 22.9 Å². The summed E-state index contributed by atoms with van der Waals surface area (Å²) in [6.45, 7) is 8.09. The molecule has 188 valence electrons. The molecule has 0 fully saturated rings. The summed E-state index contributed by atoms with van der Waals surface area (Å²) in [4.78, 5) is 29.5. The Labute approximate surface area is 215 Å². The SMILES string of the molecule is Cc1ccc(C(CC(=O)O)NC(=O)c2ccn3c(NC(C)(C)C)c(-c4ccc(C#N)cc4)nc3c2)cc1. The van der Waals surface area contributed by atoms with Gasteiger partial charge in [0.2, 0.25) is 0 Å². The minimum Gasteiger partial charge on any atom is -0.481 e. The molecule has 0 radical (unpaired) electrons. The number of nitrogens with one attached hydrogen (secondary N) is 2. The number of carbonyl (C=O) groups is 2. The average Bonchev–Trinajstić information content (AvgIpc) is 3.20. The lowest BCUT2D eigenvalue weighted by Gasteiger charge is -2.22. The van der Waals surface area contributed by atoms with E-state index in [1.807, 2.05) is 68.5 Å². The molecule has 1 amide bonds. The first-order valence-corrected chi connectivity index (χ1v) is 11.9. The van der Waals surface area contributed by atoms with E-state index in [1.165, 1.54) is 0 Å². The predicted molar refractivity (Wildman–Crippen MR) is 142 cm³/mol. The van der Waals surface area contributed by atoms with E-state index >= 15 is 0 Å². The molecule has 4 rings (SSSR count). The molecule has 8 nitrogen and oxygen atoms in total. The van der Waals surface area contributed by atoms with Crippen molar-refractivity contribution in [3.05, 3.63) is 89.1 Å². The summed E-state index contributed by atoms with van der Waals surface area (Å²) >= 11 is 0. The molecule has 0 aliphatic rings. The van der Waals surface area contributed by atoms with Gasteiger partial charge in [-0.2, -0.15) is 5.26 Å². The molecule has 1 atom stereocenters. The first-order chi connectivity index (χ1) is 17.5. The third-order valence-corrected chi connectivity index (χ3v) is 5.83. The number of hydrogen-bond donors (Lipinski definition) is 3. The Morgan fingerprint density at radius 2 is 1.76 bits per heavy atom. The molecule has 4 aromatic rings. The molecule has 0 saturated carbocycles. The number of aromatic nitrogens is 2. The largest absolute Gasteiger partial charge is 0.481 e. The van der Waals surface area contributed by atoms with Crippen molar-refractivity contribution in [3.63, 3.8) is 0 Å². The Morgan fingerprint density at radius 1 is 1.08 bits per heavy atom. The van der Waals surface area contributed by atoms with Crippen LogP contribution in [0.25, 0.3) is 16.9 Å². The highest BCUT2D eigenvalue weighted by molar-refractivity contribution is 5.96. The number of carboxylic acids is 1. The van der Waals surface area contributed by atoms with Crippen LogP contribution in [-0.4, -0.2) is 31.9 Å². The van der Waals surface area contributed by atoms with Crippen LogP contribution in [0.3, 0.4) is 0 Å². The van der Waals surface area contributed by atoms with Gasteiger partial charge in [-0.05, 0) is 57.5 Å². The molecule has 0 saturated heterocycles. The van der Waals surface area contributed by atoms with Gasteiger partial charge in [-0.15, -0.1) is 0 Å². The molecule has 2 aromatic carbocycles. The van der Waals surface area contributed by atoms with Crippen molar-refractivity contribution in [3.8, 4) is 17.3 Å². The number of aliphatic carboxylic acids is 1. The van der Waals surface area contributed by atoms with Crippen molar-refractivity contribution in [2.24, 2.45) is 0 Å². The molecular weight excluding hydrogens is 466 g/mol. The van der Waals surface area contributed by atoms with Crippen molar-refractivity contribution < 1.29 is 14.7 Å². The van der Waals surface area contributed by atoms with Crippen molar-refractivity contribution in [1.82, 2.24) is 14.7 Å². The molecule has 0 aliphatic carbocycles. The van der Waals surface area contributed by atoms with Crippen molar-refractivity contribution in [2.45, 2.75) is 45.7 Å². The number of amides is 1. The third-order valence-electron chi connectivity index (χ3n) is 5.83. The fourth-order valence-electron chi connectivity index (χ4n) is 4.03. The zero-order chi connectivity index (χ0) is 26.7. The first kappa shape index (κ1) is 25.5. The minimum absolute atomic E-state index is 0.233. The highest BCUT2D eigenvalue weighted by atomic mass is 16.4. The topological polar surface area (TPSA) is 120 Å². The summed E-state index contributed by atoms with van der Waals surface area (Å²) in [5, 5.41) is 24.9. The number of imidazole rings is 1. The number of benzene rings is 2. The van der Waals surface area contributed by atoms with Gasteiger partial charge >= 0.3 is 5.97 Å². The van der Waals surface area contributed by atoms with Gasteiger partial charge in [0.05, 0.1) is 24.1 Å². The Bertz CT molecular complexity index is 1490. The second-order valence-corrected chi connectivity index (χ2v) is 10.1. The monoisotopic (exact) mass is 495 g/mol. The van der Waals surface area contributed by atoms with E-state index in [9.17, 15) is 14.7 Å². The number of nitriles is 1. The van der Waals surface area contributed by atoms with E-state index in [4.69, 9.17) is 10.2 Å². The fraction of sp³-hybridized carbons (Fsp3) is 0.241. The van der Waals surface area contributed by atoms with Crippen LogP contribution in [-0.2, 0) is 4.79 Å². The Hall–Kier alpha value is -4.64.